The standard InChI is InChI=1S/C15H24N2O.ClH/c1-12-6-4-7-13(10-12)15(2,3)11-17-14(18)8-5-9-16;/h4,6-7,10H,5,8-9,11,16H2,1-3H3,(H,17,18);1H. The summed E-state index contributed by atoms with van der Waals surface area (Å²) in [5, 5.41) is 2.98. The van der Waals surface area contributed by atoms with E-state index in [1.165, 1.54) is 11.1 Å². The molecule has 0 heterocycles. The summed E-state index contributed by atoms with van der Waals surface area (Å²) >= 11 is 0. The van der Waals surface area contributed by atoms with Gasteiger partial charge in [-0.3, -0.25) is 4.79 Å². The molecule has 0 atom stereocenters. The number of hydrogen-bond donors (Lipinski definition) is 2. The second-order valence-electron chi connectivity index (χ2n) is 5.42. The van der Waals surface area contributed by atoms with Gasteiger partial charge in [-0.1, -0.05) is 43.7 Å². The fourth-order valence-corrected chi connectivity index (χ4v) is 1.84. The Bertz CT molecular complexity index is 405. The molecule has 3 nitrogen and oxygen atoms in total. The molecule has 1 aromatic rings. The summed E-state index contributed by atoms with van der Waals surface area (Å²) in [5.41, 5.74) is 7.83. The second-order valence-corrected chi connectivity index (χ2v) is 5.42. The summed E-state index contributed by atoms with van der Waals surface area (Å²) in [7, 11) is 0. The van der Waals surface area contributed by atoms with Crippen molar-refractivity contribution in [2.24, 2.45) is 5.73 Å². The van der Waals surface area contributed by atoms with Gasteiger partial charge in [0.05, 0.1) is 0 Å². The van der Waals surface area contributed by atoms with Crippen LogP contribution in [0.2, 0.25) is 0 Å². The molecule has 0 unspecified atom stereocenters. The van der Waals surface area contributed by atoms with E-state index in [0.717, 1.165) is 6.42 Å². The highest BCUT2D eigenvalue weighted by Gasteiger charge is 2.21. The molecule has 0 aliphatic carbocycles. The molecule has 19 heavy (non-hydrogen) atoms. The monoisotopic (exact) mass is 284 g/mol. The maximum Gasteiger partial charge on any atom is 0.220 e. The molecule has 0 aliphatic heterocycles. The number of hydrogen-bond acceptors (Lipinski definition) is 2. The molecule has 1 amide bonds. The van der Waals surface area contributed by atoms with Crippen molar-refractivity contribution in [2.45, 2.75) is 39.0 Å². The average molecular weight is 285 g/mol. The van der Waals surface area contributed by atoms with Crippen LogP contribution in [0, 0.1) is 6.92 Å². The molecule has 3 N–H and O–H groups in total. The number of nitrogens with two attached hydrogens (primary N) is 1. The summed E-state index contributed by atoms with van der Waals surface area (Å²) in [6.07, 6.45) is 1.26. The zero-order chi connectivity index (χ0) is 13.6. The van der Waals surface area contributed by atoms with Crippen LogP contribution in [0.15, 0.2) is 24.3 Å². The lowest BCUT2D eigenvalue weighted by atomic mass is 9.84. The van der Waals surface area contributed by atoms with E-state index in [-0.39, 0.29) is 23.7 Å². The Hall–Kier alpha value is -1.06. The third-order valence-corrected chi connectivity index (χ3v) is 3.14. The van der Waals surface area contributed by atoms with Gasteiger partial charge in [0, 0.05) is 18.4 Å². The third-order valence-electron chi connectivity index (χ3n) is 3.14. The van der Waals surface area contributed by atoms with Crippen LogP contribution in [0.25, 0.3) is 0 Å². The van der Waals surface area contributed by atoms with Crippen molar-refractivity contribution in [1.82, 2.24) is 5.32 Å². The van der Waals surface area contributed by atoms with Gasteiger partial charge >= 0.3 is 0 Å². The van der Waals surface area contributed by atoms with Crippen LogP contribution in [-0.4, -0.2) is 19.0 Å². The summed E-state index contributed by atoms with van der Waals surface area (Å²) in [6, 6.07) is 8.42. The van der Waals surface area contributed by atoms with Gasteiger partial charge in [0.2, 0.25) is 5.91 Å². The highest BCUT2D eigenvalue weighted by molar-refractivity contribution is 5.85. The number of aryl methyl sites for hydroxylation is 1. The number of benzene rings is 1. The van der Waals surface area contributed by atoms with Crippen molar-refractivity contribution in [3.63, 3.8) is 0 Å². The van der Waals surface area contributed by atoms with Crippen LogP contribution >= 0.6 is 12.4 Å². The van der Waals surface area contributed by atoms with Gasteiger partial charge in [-0.2, -0.15) is 0 Å². The van der Waals surface area contributed by atoms with Crippen LogP contribution in [0.3, 0.4) is 0 Å². The molecule has 0 fully saturated rings. The van der Waals surface area contributed by atoms with Gasteiger partial charge in [0.1, 0.15) is 0 Å². The fourth-order valence-electron chi connectivity index (χ4n) is 1.84. The molecular weight excluding hydrogens is 260 g/mol. The number of amides is 1. The molecule has 0 spiro atoms. The molecule has 0 aliphatic rings. The molecular formula is C15H25ClN2O. The van der Waals surface area contributed by atoms with Crippen molar-refractivity contribution in [2.75, 3.05) is 13.1 Å². The molecule has 0 radical (unpaired) electrons. The summed E-state index contributed by atoms with van der Waals surface area (Å²) in [5.74, 6) is 0.0844. The first-order valence-corrected chi connectivity index (χ1v) is 6.49. The first-order valence-electron chi connectivity index (χ1n) is 6.49. The van der Waals surface area contributed by atoms with Gasteiger partial charge in [-0.25, -0.2) is 0 Å². The molecule has 0 saturated carbocycles. The van der Waals surface area contributed by atoms with Crippen LogP contribution < -0.4 is 11.1 Å². The van der Waals surface area contributed by atoms with E-state index in [0.29, 0.717) is 19.5 Å². The number of halogens is 1. The maximum absolute atomic E-state index is 11.6. The van der Waals surface area contributed by atoms with Gasteiger partial charge < -0.3 is 11.1 Å². The highest BCUT2D eigenvalue weighted by Crippen LogP contribution is 2.22. The molecule has 108 valence electrons. The lowest BCUT2D eigenvalue weighted by Crippen LogP contribution is -2.36. The van der Waals surface area contributed by atoms with Crippen molar-refractivity contribution in [3.8, 4) is 0 Å². The van der Waals surface area contributed by atoms with Crippen molar-refractivity contribution in [3.05, 3.63) is 35.4 Å². The minimum atomic E-state index is -0.0512. The smallest absolute Gasteiger partial charge is 0.220 e. The summed E-state index contributed by atoms with van der Waals surface area (Å²) in [4.78, 5) is 11.6. The van der Waals surface area contributed by atoms with E-state index >= 15 is 0 Å². The third kappa shape index (κ3) is 6.08. The number of nitrogens with one attached hydrogen (secondary N) is 1. The lowest BCUT2D eigenvalue weighted by Gasteiger charge is -2.26. The Morgan fingerprint density at radius 2 is 2.05 bits per heavy atom. The number of carbonyl (C=O) groups is 1. The summed E-state index contributed by atoms with van der Waals surface area (Å²) in [6.45, 7) is 7.59. The van der Waals surface area contributed by atoms with Gasteiger partial charge in [-0.05, 0) is 25.5 Å². The van der Waals surface area contributed by atoms with E-state index in [4.69, 9.17) is 5.73 Å². The molecule has 1 aromatic carbocycles. The van der Waals surface area contributed by atoms with Crippen LogP contribution in [0.1, 0.15) is 37.8 Å². The van der Waals surface area contributed by atoms with Gasteiger partial charge in [-0.15, -0.1) is 12.4 Å². The first kappa shape index (κ1) is 17.9. The molecule has 1 rings (SSSR count). The van der Waals surface area contributed by atoms with Crippen molar-refractivity contribution < 1.29 is 4.79 Å². The Balaban J connectivity index is 0.00000324. The van der Waals surface area contributed by atoms with E-state index in [2.05, 4.69) is 50.4 Å². The van der Waals surface area contributed by atoms with Crippen LogP contribution in [-0.2, 0) is 10.2 Å². The van der Waals surface area contributed by atoms with E-state index in [9.17, 15) is 4.79 Å². The van der Waals surface area contributed by atoms with E-state index in [1.54, 1.807) is 0 Å². The number of carbonyl (C=O) groups excluding carboxylic acids is 1. The topological polar surface area (TPSA) is 55.1 Å². The molecule has 4 heteroatoms. The Morgan fingerprint density at radius 3 is 2.63 bits per heavy atom. The lowest BCUT2D eigenvalue weighted by molar-refractivity contribution is -0.121. The van der Waals surface area contributed by atoms with E-state index < -0.39 is 0 Å². The van der Waals surface area contributed by atoms with Gasteiger partial charge in [0.25, 0.3) is 0 Å². The quantitative estimate of drug-likeness (QED) is 0.843. The zero-order valence-corrected chi connectivity index (χ0v) is 12.8. The molecule has 0 aromatic heterocycles. The largest absolute Gasteiger partial charge is 0.355 e. The van der Waals surface area contributed by atoms with Crippen molar-refractivity contribution in [1.29, 1.82) is 0 Å². The normalized spacial score (nSPS) is 10.7. The van der Waals surface area contributed by atoms with Gasteiger partial charge in [0.15, 0.2) is 0 Å². The minimum Gasteiger partial charge on any atom is -0.355 e. The maximum atomic E-state index is 11.6. The minimum absolute atomic E-state index is 0. The van der Waals surface area contributed by atoms with E-state index in [1.807, 2.05) is 0 Å². The van der Waals surface area contributed by atoms with Crippen LogP contribution in [0.4, 0.5) is 0 Å². The zero-order valence-electron chi connectivity index (χ0n) is 12.0. The summed E-state index contributed by atoms with van der Waals surface area (Å²) < 4.78 is 0. The van der Waals surface area contributed by atoms with Crippen LogP contribution in [0.5, 0.6) is 0 Å². The Labute approximate surface area is 122 Å². The van der Waals surface area contributed by atoms with Crippen molar-refractivity contribution >= 4 is 18.3 Å². The predicted molar refractivity (Wildman–Crippen MR) is 82.8 cm³/mol. The Kier molecular flexibility index (Phi) is 7.72. The Morgan fingerprint density at radius 1 is 1.37 bits per heavy atom. The number of rotatable bonds is 6. The fraction of sp³-hybridized carbons (Fsp3) is 0.533. The molecule has 0 saturated heterocycles. The SMILES string of the molecule is Cc1cccc(C(C)(C)CNC(=O)CCCN)c1.Cl. The molecule has 0 bridgehead atoms. The second kappa shape index (κ2) is 8.18. The average Bonchev–Trinajstić information content (AvgIpc) is 2.34. The highest BCUT2D eigenvalue weighted by atomic mass is 35.5. The first-order chi connectivity index (χ1) is 8.45. The predicted octanol–water partition coefficient (Wildman–Crippen LogP) is 2.55.